The Morgan fingerprint density at radius 1 is 1.04 bits per heavy atom. The van der Waals surface area contributed by atoms with Crippen molar-refractivity contribution in [2.45, 2.75) is 42.9 Å². The highest BCUT2D eigenvalue weighted by Crippen LogP contribution is 2.37. The van der Waals surface area contributed by atoms with E-state index in [0.29, 0.717) is 5.75 Å². The SMILES string of the molecule is COc1ccc(S(=O)(=O)C(C)(C(=O)OC(C)(C)C)c2cccnc2)cc1. The molecule has 1 aromatic carbocycles. The zero-order chi connectivity index (χ0) is 19.6. The third-order valence-electron chi connectivity index (χ3n) is 3.91. The predicted molar refractivity (Wildman–Crippen MR) is 97.6 cm³/mol. The Morgan fingerprint density at radius 2 is 1.65 bits per heavy atom. The number of sulfone groups is 1. The van der Waals surface area contributed by atoms with E-state index in [1.807, 2.05) is 0 Å². The number of rotatable bonds is 5. The molecule has 0 aliphatic rings. The van der Waals surface area contributed by atoms with E-state index in [4.69, 9.17) is 9.47 Å². The second-order valence-corrected chi connectivity index (χ2v) is 9.25. The van der Waals surface area contributed by atoms with Crippen molar-refractivity contribution in [2.75, 3.05) is 7.11 Å². The zero-order valence-corrected chi connectivity index (χ0v) is 16.3. The van der Waals surface area contributed by atoms with Gasteiger partial charge >= 0.3 is 5.97 Å². The zero-order valence-electron chi connectivity index (χ0n) is 15.5. The van der Waals surface area contributed by atoms with Crippen LogP contribution in [-0.4, -0.2) is 32.1 Å². The number of hydrogen-bond acceptors (Lipinski definition) is 6. The van der Waals surface area contributed by atoms with Gasteiger partial charge in [-0.15, -0.1) is 0 Å². The quantitative estimate of drug-likeness (QED) is 0.745. The molecule has 0 amide bonds. The molecule has 1 aromatic heterocycles. The average molecular weight is 377 g/mol. The van der Waals surface area contributed by atoms with Gasteiger partial charge in [0.05, 0.1) is 12.0 Å². The number of ether oxygens (including phenoxy) is 2. The smallest absolute Gasteiger partial charge is 0.332 e. The summed E-state index contributed by atoms with van der Waals surface area (Å²) in [5.41, 5.74) is -0.597. The lowest BCUT2D eigenvalue weighted by atomic mass is 10.0. The monoisotopic (exact) mass is 377 g/mol. The summed E-state index contributed by atoms with van der Waals surface area (Å²) in [6.07, 6.45) is 2.88. The van der Waals surface area contributed by atoms with E-state index < -0.39 is 26.2 Å². The van der Waals surface area contributed by atoms with Crippen molar-refractivity contribution in [3.05, 3.63) is 54.4 Å². The Balaban J connectivity index is 2.64. The van der Waals surface area contributed by atoms with Crippen molar-refractivity contribution in [1.82, 2.24) is 4.98 Å². The number of carbonyl (C=O) groups excluding carboxylic acids is 1. The van der Waals surface area contributed by atoms with Crippen LogP contribution in [0.25, 0.3) is 0 Å². The molecule has 0 radical (unpaired) electrons. The van der Waals surface area contributed by atoms with E-state index in [1.54, 1.807) is 32.9 Å². The van der Waals surface area contributed by atoms with Crippen LogP contribution in [0.3, 0.4) is 0 Å². The van der Waals surface area contributed by atoms with Crippen molar-refractivity contribution in [1.29, 1.82) is 0 Å². The minimum absolute atomic E-state index is 0.00416. The van der Waals surface area contributed by atoms with Crippen LogP contribution >= 0.6 is 0 Å². The first-order valence-corrected chi connectivity index (χ1v) is 9.53. The fourth-order valence-electron chi connectivity index (χ4n) is 2.39. The summed E-state index contributed by atoms with van der Waals surface area (Å²) >= 11 is 0. The van der Waals surface area contributed by atoms with Gasteiger partial charge in [0.1, 0.15) is 11.4 Å². The van der Waals surface area contributed by atoms with Gasteiger partial charge in [-0.1, -0.05) is 6.07 Å². The Morgan fingerprint density at radius 3 is 2.12 bits per heavy atom. The Bertz CT molecular complexity index is 870. The minimum atomic E-state index is -4.12. The molecule has 6 nitrogen and oxygen atoms in total. The van der Waals surface area contributed by atoms with Gasteiger partial charge in [-0.25, -0.2) is 13.2 Å². The number of nitrogens with zero attached hydrogens (tertiary/aromatic N) is 1. The average Bonchev–Trinajstić information content (AvgIpc) is 2.60. The summed E-state index contributed by atoms with van der Waals surface area (Å²) in [7, 11) is -2.63. The van der Waals surface area contributed by atoms with Crippen molar-refractivity contribution in [3.8, 4) is 5.75 Å². The van der Waals surface area contributed by atoms with Crippen LogP contribution in [0.5, 0.6) is 5.75 Å². The molecule has 0 aliphatic carbocycles. The molecule has 7 heteroatoms. The van der Waals surface area contributed by atoms with Crippen LogP contribution in [0.4, 0.5) is 0 Å². The van der Waals surface area contributed by atoms with Gasteiger partial charge in [-0.05, 0) is 58.0 Å². The van der Waals surface area contributed by atoms with Gasteiger partial charge in [0, 0.05) is 18.0 Å². The van der Waals surface area contributed by atoms with Gasteiger partial charge in [-0.2, -0.15) is 0 Å². The predicted octanol–water partition coefficient (Wildman–Crippen LogP) is 3.12. The second-order valence-electron chi connectivity index (χ2n) is 6.96. The minimum Gasteiger partial charge on any atom is -0.497 e. The van der Waals surface area contributed by atoms with Gasteiger partial charge < -0.3 is 9.47 Å². The third kappa shape index (κ3) is 3.72. The summed E-state index contributed by atoms with van der Waals surface area (Å²) in [4.78, 5) is 16.9. The number of hydrogen-bond donors (Lipinski definition) is 0. The Hall–Kier alpha value is -2.41. The molecular weight excluding hydrogens is 354 g/mol. The summed E-state index contributed by atoms with van der Waals surface area (Å²) < 4.78 is 35.4. The van der Waals surface area contributed by atoms with Crippen LogP contribution in [0.1, 0.15) is 33.3 Å². The highest BCUT2D eigenvalue weighted by atomic mass is 32.2. The lowest BCUT2D eigenvalue weighted by Crippen LogP contribution is -2.45. The second kappa shape index (κ2) is 7.07. The molecule has 0 aliphatic heterocycles. The molecule has 1 heterocycles. The molecule has 0 fully saturated rings. The molecule has 140 valence electrons. The van der Waals surface area contributed by atoms with E-state index in [0.717, 1.165) is 0 Å². The molecule has 1 atom stereocenters. The van der Waals surface area contributed by atoms with Gasteiger partial charge in [-0.3, -0.25) is 4.98 Å². The summed E-state index contributed by atoms with van der Waals surface area (Å²) in [5.74, 6) is -0.335. The first-order valence-electron chi connectivity index (χ1n) is 8.05. The molecule has 1 unspecified atom stereocenters. The van der Waals surface area contributed by atoms with Crippen molar-refractivity contribution >= 4 is 15.8 Å². The van der Waals surface area contributed by atoms with Gasteiger partial charge in [0.25, 0.3) is 0 Å². The fraction of sp³-hybridized carbons (Fsp3) is 0.368. The van der Waals surface area contributed by atoms with Gasteiger partial charge in [0.15, 0.2) is 14.6 Å². The van der Waals surface area contributed by atoms with Crippen molar-refractivity contribution in [3.63, 3.8) is 0 Å². The fourth-order valence-corrected chi connectivity index (χ4v) is 4.05. The van der Waals surface area contributed by atoms with Crippen LogP contribution in [0.15, 0.2) is 53.7 Å². The number of methoxy groups -OCH3 is 1. The standard InChI is InChI=1S/C19H23NO5S/c1-18(2,3)25-17(21)19(4,14-7-6-12-20-13-14)26(22,23)16-10-8-15(24-5)9-11-16/h6-13H,1-5H3. The maximum Gasteiger partial charge on any atom is 0.332 e. The summed E-state index contributed by atoms with van der Waals surface area (Å²) in [6, 6.07) is 9.02. The number of carbonyl (C=O) groups is 1. The van der Waals surface area contributed by atoms with E-state index in [1.165, 1.54) is 50.7 Å². The molecule has 0 N–H and O–H groups in total. The van der Waals surface area contributed by atoms with Crippen LogP contribution in [0, 0.1) is 0 Å². The Kier molecular flexibility index (Phi) is 5.41. The topological polar surface area (TPSA) is 82.6 Å². The molecule has 2 aromatic rings. The number of pyridine rings is 1. The molecule has 0 spiro atoms. The molecular formula is C19H23NO5S. The highest BCUT2D eigenvalue weighted by molar-refractivity contribution is 7.93. The first kappa shape index (κ1) is 19.9. The molecule has 0 saturated heterocycles. The van der Waals surface area contributed by atoms with E-state index >= 15 is 0 Å². The lowest BCUT2D eigenvalue weighted by Gasteiger charge is -2.31. The molecule has 26 heavy (non-hydrogen) atoms. The van der Waals surface area contributed by atoms with Gasteiger partial charge in [0.2, 0.25) is 0 Å². The van der Waals surface area contributed by atoms with Crippen molar-refractivity contribution in [2.24, 2.45) is 0 Å². The molecule has 0 bridgehead atoms. The Labute approximate surface area is 154 Å². The summed E-state index contributed by atoms with van der Waals surface area (Å²) in [5, 5.41) is 0. The van der Waals surface area contributed by atoms with Crippen LogP contribution in [0.2, 0.25) is 0 Å². The number of esters is 1. The molecule has 2 rings (SSSR count). The van der Waals surface area contributed by atoms with E-state index in [-0.39, 0.29) is 10.5 Å². The maximum absolute atomic E-state index is 13.4. The van der Waals surface area contributed by atoms with Crippen molar-refractivity contribution < 1.29 is 22.7 Å². The maximum atomic E-state index is 13.4. The van der Waals surface area contributed by atoms with E-state index in [9.17, 15) is 13.2 Å². The lowest BCUT2D eigenvalue weighted by molar-refractivity contribution is -0.158. The van der Waals surface area contributed by atoms with Crippen LogP contribution in [-0.2, 0) is 24.1 Å². The summed E-state index contributed by atoms with van der Waals surface area (Å²) in [6.45, 7) is 6.41. The molecule has 0 saturated carbocycles. The van der Waals surface area contributed by atoms with E-state index in [2.05, 4.69) is 4.98 Å². The number of aromatic nitrogens is 1. The number of benzene rings is 1. The third-order valence-corrected chi connectivity index (χ3v) is 6.28. The van der Waals surface area contributed by atoms with Crippen LogP contribution < -0.4 is 4.74 Å². The first-order chi connectivity index (χ1) is 12.0. The highest BCUT2D eigenvalue weighted by Gasteiger charge is 2.51. The normalized spacial score (nSPS) is 14.3. The largest absolute Gasteiger partial charge is 0.497 e.